The Balaban J connectivity index is 1.44. The first-order chi connectivity index (χ1) is 14.5. The van der Waals surface area contributed by atoms with E-state index in [9.17, 15) is 9.59 Å². The Labute approximate surface area is 183 Å². The van der Waals surface area contributed by atoms with Crippen LogP contribution < -0.4 is 5.32 Å². The van der Waals surface area contributed by atoms with Crippen LogP contribution in [0, 0.1) is 6.92 Å². The van der Waals surface area contributed by atoms with Crippen LogP contribution in [0.2, 0.25) is 5.02 Å². The number of nitrogens with one attached hydrogen (secondary N) is 1. The summed E-state index contributed by atoms with van der Waals surface area (Å²) in [7, 11) is 0. The summed E-state index contributed by atoms with van der Waals surface area (Å²) in [6.45, 7) is 3.29. The van der Waals surface area contributed by atoms with Gasteiger partial charge >= 0.3 is 0 Å². The number of carbonyl (C=O) groups is 2. The molecule has 154 valence electrons. The molecule has 0 saturated carbocycles. The molecule has 0 bridgehead atoms. The first-order valence-electron chi connectivity index (χ1n) is 9.76. The Kier molecular flexibility index (Phi) is 6.11. The van der Waals surface area contributed by atoms with Gasteiger partial charge in [0, 0.05) is 35.3 Å². The molecule has 0 unspecified atom stereocenters. The van der Waals surface area contributed by atoms with Gasteiger partial charge in [-0.2, -0.15) is 0 Å². The predicted molar refractivity (Wildman–Crippen MR) is 118 cm³/mol. The molecular weight excluding hydrogens is 420 g/mol. The third-order valence-electron chi connectivity index (χ3n) is 5.04. The number of benzene rings is 2. The third-order valence-corrected chi connectivity index (χ3v) is 6.36. The predicted octanol–water partition coefficient (Wildman–Crippen LogP) is 4.77. The number of hydrogen-bond donors (Lipinski definition) is 1. The van der Waals surface area contributed by atoms with E-state index in [0.717, 1.165) is 30.0 Å². The van der Waals surface area contributed by atoms with Crippen LogP contribution in [0.1, 0.15) is 49.5 Å². The van der Waals surface area contributed by atoms with Crippen molar-refractivity contribution in [1.82, 2.24) is 15.1 Å². The van der Waals surface area contributed by atoms with Crippen molar-refractivity contribution < 1.29 is 9.59 Å². The summed E-state index contributed by atoms with van der Waals surface area (Å²) < 4.78 is 0. The van der Waals surface area contributed by atoms with Gasteiger partial charge in [-0.05, 0) is 50.1 Å². The highest BCUT2D eigenvalue weighted by Gasteiger charge is 2.28. The van der Waals surface area contributed by atoms with E-state index in [2.05, 4.69) is 15.5 Å². The molecule has 8 heteroatoms. The molecule has 0 spiro atoms. The molecule has 1 aliphatic rings. The van der Waals surface area contributed by atoms with Crippen molar-refractivity contribution in [3.63, 3.8) is 0 Å². The number of likely N-dealkylation sites (tertiary alicyclic amines) is 1. The molecule has 1 fully saturated rings. The van der Waals surface area contributed by atoms with E-state index in [1.54, 1.807) is 24.3 Å². The molecule has 3 aromatic rings. The molecule has 2 heterocycles. The number of aryl methyl sites for hydroxylation is 1. The summed E-state index contributed by atoms with van der Waals surface area (Å²) in [5.74, 6) is -0.200. The second-order valence-corrected chi connectivity index (χ2v) is 8.82. The molecule has 1 N–H and O–H groups in total. The van der Waals surface area contributed by atoms with Crippen molar-refractivity contribution in [3.8, 4) is 0 Å². The summed E-state index contributed by atoms with van der Waals surface area (Å²) in [5.41, 5.74) is 2.38. The standard InChI is InChI=1S/C22H21ClN4O2S/c1-14-5-2-6-15(11-14)22(29)27-10-4-7-16(13-27)20-25-26-21(30-20)19(28)24-18-9-3-8-17(23)12-18/h2-3,5-6,8-9,11-12,16H,4,7,10,13H2,1H3,(H,24,28)/t16-/m1/s1. The summed E-state index contributed by atoms with van der Waals surface area (Å²) in [6.07, 6.45) is 1.81. The highest BCUT2D eigenvalue weighted by atomic mass is 35.5. The molecule has 1 aliphatic heterocycles. The van der Waals surface area contributed by atoms with Crippen LogP contribution in [0.5, 0.6) is 0 Å². The van der Waals surface area contributed by atoms with E-state index >= 15 is 0 Å². The Morgan fingerprint density at radius 3 is 2.80 bits per heavy atom. The molecule has 6 nitrogen and oxygen atoms in total. The van der Waals surface area contributed by atoms with Crippen molar-refractivity contribution in [2.45, 2.75) is 25.7 Å². The van der Waals surface area contributed by atoms with Gasteiger partial charge in [0.15, 0.2) is 0 Å². The summed E-state index contributed by atoms with van der Waals surface area (Å²) >= 11 is 7.24. The minimum absolute atomic E-state index is 0.0341. The van der Waals surface area contributed by atoms with Crippen LogP contribution in [0.25, 0.3) is 0 Å². The quantitative estimate of drug-likeness (QED) is 0.633. The van der Waals surface area contributed by atoms with Crippen LogP contribution in [-0.4, -0.2) is 40.0 Å². The average Bonchev–Trinajstić information content (AvgIpc) is 3.24. The lowest BCUT2D eigenvalue weighted by Gasteiger charge is -2.31. The lowest BCUT2D eigenvalue weighted by atomic mass is 9.98. The zero-order valence-electron chi connectivity index (χ0n) is 16.5. The monoisotopic (exact) mass is 440 g/mol. The van der Waals surface area contributed by atoms with Gasteiger partial charge in [-0.15, -0.1) is 10.2 Å². The van der Waals surface area contributed by atoms with Crippen LogP contribution in [0.3, 0.4) is 0 Å². The van der Waals surface area contributed by atoms with Crippen molar-refractivity contribution in [2.24, 2.45) is 0 Å². The Morgan fingerprint density at radius 2 is 2.00 bits per heavy atom. The van der Waals surface area contributed by atoms with Gasteiger partial charge in [0.25, 0.3) is 11.8 Å². The average molecular weight is 441 g/mol. The lowest BCUT2D eigenvalue weighted by Crippen LogP contribution is -2.39. The van der Waals surface area contributed by atoms with Crippen molar-refractivity contribution in [2.75, 3.05) is 18.4 Å². The Bertz CT molecular complexity index is 1080. The number of amides is 2. The first-order valence-corrected chi connectivity index (χ1v) is 11.0. The fourth-order valence-corrected chi connectivity index (χ4v) is 4.62. The van der Waals surface area contributed by atoms with Gasteiger partial charge in [0.2, 0.25) is 5.01 Å². The van der Waals surface area contributed by atoms with Crippen molar-refractivity contribution in [1.29, 1.82) is 0 Å². The molecule has 30 heavy (non-hydrogen) atoms. The normalized spacial score (nSPS) is 16.3. The van der Waals surface area contributed by atoms with E-state index in [0.29, 0.717) is 27.8 Å². The van der Waals surface area contributed by atoms with Crippen LogP contribution in [-0.2, 0) is 0 Å². The maximum absolute atomic E-state index is 12.9. The number of rotatable bonds is 4. The highest BCUT2D eigenvalue weighted by Crippen LogP contribution is 2.30. The molecule has 4 rings (SSSR count). The number of hydrogen-bond acceptors (Lipinski definition) is 5. The first kappa shape index (κ1) is 20.5. The smallest absolute Gasteiger partial charge is 0.286 e. The molecule has 2 aromatic carbocycles. The van der Waals surface area contributed by atoms with E-state index in [4.69, 9.17) is 11.6 Å². The van der Waals surface area contributed by atoms with E-state index in [1.807, 2.05) is 36.1 Å². The van der Waals surface area contributed by atoms with E-state index in [-0.39, 0.29) is 17.7 Å². The van der Waals surface area contributed by atoms with Crippen LogP contribution in [0.15, 0.2) is 48.5 Å². The van der Waals surface area contributed by atoms with Gasteiger partial charge in [0.05, 0.1) is 0 Å². The van der Waals surface area contributed by atoms with E-state index in [1.165, 1.54) is 11.3 Å². The maximum Gasteiger partial charge on any atom is 0.286 e. The zero-order valence-corrected chi connectivity index (χ0v) is 18.0. The summed E-state index contributed by atoms with van der Waals surface area (Å²) in [5, 5.41) is 12.7. The molecule has 1 saturated heterocycles. The molecule has 1 atom stereocenters. The van der Waals surface area contributed by atoms with Crippen LogP contribution >= 0.6 is 22.9 Å². The molecule has 2 amide bonds. The number of nitrogens with zero attached hydrogens (tertiary/aromatic N) is 3. The maximum atomic E-state index is 12.9. The van der Waals surface area contributed by atoms with E-state index < -0.39 is 0 Å². The second-order valence-electron chi connectivity index (χ2n) is 7.37. The number of anilines is 1. The topological polar surface area (TPSA) is 75.2 Å². The SMILES string of the molecule is Cc1cccc(C(=O)N2CCC[C@@H](c3nnc(C(=O)Nc4cccc(Cl)c4)s3)C2)c1. The third kappa shape index (κ3) is 4.68. The number of carbonyl (C=O) groups excluding carboxylic acids is 2. The van der Waals surface area contributed by atoms with Gasteiger partial charge in [-0.1, -0.05) is 46.7 Å². The fourth-order valence-electron chi connectivity index (χ4n) is 3.57. The Hall–Kier alpha value is -2.77. The van der Waals surface area contributed by atoms with Gasteiger partial charge < -0.3 is 10.2 Å². The summed E-state index contributed by atoms with van der Waals surface area (Å²) in [6, 6.07) is 14.6. The molecular formula is C22H21ClN4O2S. The van der Waals surface area contributed by atoms with Crippen molar-refractivity contribution >= 4 is 40.4 Å². The zero-order chi connectivity index (χ0) is 21.1. The molecule has 0 aliphatic carbocycles. The van der Waals surface area contributed by atoms with Gasteiger partial charge in [-0.25, -0.2) is 0 Å². The molecule has 1 aromatic heterocycles. The van der Waals surface area contributed by atoms with Gasteiger partial charge in [0.1, 0.15) is 5.01 Å². The van der Waals surface area contributed by atoms with Crippen LogP contribution in [0.4, 0.5) is 5.69 Å². The second kappa shape index (κ2) is 8.93. The summed E-state index contributed by atoms with van der Waals surface area (Å²) in [4.78, 5) is 27.3. The lowest BCUT2D eigenvalue weighted by molar-refractivity contribution is 0.0706. The minimum Gasteiger partial charge on any atom is -0.338 e. The number of halogens is 1. The highest BCUT2D eigenvalue weighted by molar-refractivity contribution is 7.13. The molecule has 0 radical (unpaired) electrons. The Morgan fingerprint density at radius 1 is 1.17 bits per heavy atom. The largest absolute Gasteiger partial charge is 0.338 e. The minimum atomic E-state index is -0.315. The van der Waals surface area contributed by atoms with Gasteiger partial charge in [-0.3, -0.25) is 9.59 Å². The number of aromatic nitrogens is 2. The fraction of sp³-hybridized carbons (Fsp3) is 0.273. The number of piperidine rings is 1. The van der Waals surface area contributed by atoms with Crippen molar-refractivity contribution in [3.05, 3.63) is 74.7 Å².